The maximum atomic E-state index is 12.6. The Morgan fingerprint density at radius 1 is 1.26 bits per heavy atom. The first-order valence-corrected chi connectivity index (χ1v) is 6.97. The second-order valence-corrected chi connectivity index (χ2v) is 5.85. The molecule has 0 spiro atoms. The molecular formula is C11H7Br2F3N2O. The number of hydrogen-bond acceptors (Lipinski definition) is 2. The van der Waals surface area contributed by atoms with Gasteiger partial charge in [-0.05, 0) is 18.2 Å². The lowest BCUT2D eigenvalue weighted by Crippen LogP contribution is -2.42. The number of benzene rings is 1. The molecule has 1 amide bonds. The summed E-state index contributed by atoms with van der Waals surface area (Å²) in [5, 5.41) is 4.80. The third kappa shape index (κ3) is 3.00. The molecule has 0 saturated carbocycles. The molecule has 2 unspecified atom stereocenters. The zero-order valence-corrected chi connectivity index (χ0v) is 12.4. The first kappa shape index (κ1) is 14.5. The lowest BCUT2D eigenvalue weighted by atomic mass is 10.1. The van der Waals surface area contributed by atoms with E-state index in [9.17, 15) is 18.0 Å². The van der Waals surface area contributed by atoms with Gasteiger partial charge in [0.05, 0.1) is 16.1 Å². The van der Waals surface area contributed by atoms with Gasteiger partial charge in [0, 0.05) is 6.21 Å². The maximum absolute atomic E-state index is 12.6. The van der Waals surface area contributed by atoms with E-state index in [0.717, 1.165) is 17.1 Å². The van der Waals surface area contributed by atoms with Crippen LogP contribution in [0.1, 0.15) is 5.56 Å². The first-order chi connectivity index (χ1) is 8.80. The minimum Gasteiger partial charge on any atom is -0.271 e. The van der Waals surface area contributed by atoms with Crippen LogP contribution in [0.15, 0.2) is 29.4 Å². The molecule has 1 aliphatic rings. The molecule has 1 heterocycles. The number of hydrogen-bond donors (Lipinski definition) is 0. The molecule has 0 fully saturated rings. The van der Waals surface area contributed by atoms with Crippen molar-refractivity contribution in [2.75, 3.05) is 5.01 Å². The van der Waals surface area contributed by atoms with E-state index in [2.05, 4.69) is 37.0 Å². The highest BCUT2D eigenvalue weighted by molar-refractivity contribution is 9.12. The van der Waals surface area contributed by atoms with E-state index < -0.39 is 22.5 Å². The van der Waals surface area contributed by atoms with Gasteiger partial charge in [-0.25, -0.2) is 5.01 Å². The van der Waals surface area contributed by atoms with E-state index in [0.29, 0.717) is 0 Å². The zero-order chi connectivity index (χ0) is 14.2. The SMILES string of the molecule is O=C1C(Br)C(Br)C=NN1c1cccc(C(F)(F)F)c1. The molecule has 2 atom stereocenters. The van der Waals surface area contributed by atoms with Crippen LogP contribution in [-0.4, -0.2) is 21.8 Å². The molecule has 0 saturated heterocycles. The smallest absolute Gasteiger partial charge is 0.271 e. The number of halogens is 5. The summed E-state index contributed by atoms with van der Waals surface area (Å²) in [5.41, 5.74) is -0.736. The minimum absolute atomic E-state index is 0.0833. The Kier molecular flexibility index (Phi) is 4.00. The normalized spacial score (nSPS) is 23.8. The van der Waals surface area contributed by atoms with Gasteiger partial charge < -0.3 is 0 Å². The Balaban J connectivity index is 2.38. The molecular weight excluding hydrogens is 393 g/mol. The first-order valence-electron chi connectivity index (χ1n) is 5.14. The highest BCUT2D eigenvalue weighted by Gasteiger charge is 2.34. The van der Waals surface area contributed by atoms with Gasteiger partial charge in [-0.15, -0.1) is 0 Å². The number of alkyl halides is 5. The highest BCUT2D eigenvalue weighted by Crippen LogP contribution is 2.33. The second kappa shape index (κ2) is 5.24. The molecule has 0 bridgehead atoms. The zero-order valence-electron chi connectivity index (χ0n) is 9.23. The van der Waals surface area contributed by atoms with Gasteiger partial charge in [0.25, 0.3) is 5.91 Å². The summed E-state index contributed by atoms with van der Waals surface area (Å²) in [6, 6.07) is 4.48. The topological polar surface area (TPSA) is 32.7 Å². The van der Waals surface area contributed by atoms with Crippen molar-refractivity contribution in [1.82, 2.24) is 0 Å². The summed E-state index contributed by atoms with van der Waals surface area (Å²) >= 11 is 6.38. The second-order valence-electron chi connectivity index (χ2n) is 3.81. The molecule has 0 N–H and O–H groups in total. The summed E-state index contributed by atoms with van der Waals surface area (Å²) in [7, 11) is 0. The number of hydrazone groups is 1. The van der Waals surface area contributed by atoms with Crippen LogP contribution >= 0.6 is 31.9 Å². The third-order valence-electron chi connectivity index (χ3n) is 2.47. The summed E-state index contributed by atoms with van der Waals surface area (Å²) < 4.78 is 37.8. The van der Waals surface area contributed by atoms with Crippen LogP contribution in [0, 0.1) is 0 Å². The van der Waals surface area contributed by atoms with E-state index in [-0.39, 0.29) is 10.5 Å². The highest BCUT2D eigenvalue weighted by atomic mass is 79.9. The lowest BCUT2D eigenvalue weighted by molar-refractivity contribution is -0.137. The van der Waals surface area contributed by atoms with Crippen molar-refractivity contribution in [1.29, 1.82) is 0 Å². The number of amides is 1. The van der Waals surface area contributed by atoms with Gasteiger partial charge in [-0.1, -0.05) is 37.9 Å². The standard InChI is InChI=1S/C11H7Br2F3N2O/c12-8-5-17-18(10(19)9(8)13)7-3-1-2-6(4-7)11(14,15)16/h1-5,8-9H. The van der Waals surface area contributed by atoms with E-state index >= 15 is 0 Å². The van der Waals surface area contributed by atoms with E-state index in [1.54, 1.807) is 0 Å². The van der Waals surface area contributed by atoms with Crippen molar-refractivity contribution in [2.24, 2.45) is 5.10 Å². The molecule has 8 heteroatoms. The number of carbonyl (C=O) groups excluding carboxylic acids is 1. The minimum atomic E-state index is -4.45. The van der Waals surface area contributed by atoms with Crippen LogP contribution in [0.2, 0.25) is 0 Å². The van der Waals surface area contributed by atoms with Gasteiger partial charge >= 0.3 is 6.18 Å². The molecule has 2 rings (SSSR count). The quantitative estimate of drug-likeness (QED) is 0.664. The van der Waals surface area contributed by atoms with Gasteiger partial charge in [-0.3, -0.25) is 4.79 Å². The Labute approximate surface area is 123 Å². The maximum Gasteiger partial charge on any atom is 0.416 e. The third-order valence-corrected chi connectivity index (χ3v) is 4.90. The molecule has 1 aromatic carbocycles. The molecule has 3 nitrogen and oxygen atoms in total. The average molecular weight is 400 g/mol. The monoisotopic (exact) mass is 398 g/mol. The molecule has 102 valence electrons. The molecule has 19 heavy (non-hydrogen) atoms. The lowest BCUT2D eigenvalue weighted by Gasteiger charge is -2.26. The van der Waals surface area contributed by atoms with Gasteiger partial charge in [0.2, 0.25) is 0 Å². The number of rotatable bonds is 1. The van der Waals surface area contributed by atoms with Crippen LogP contribution in [0.4, 0.5) is 18.9 Å². The van der Waals surface area contributed by atoms with Crippen LogP contribution in [0.3, 0.4) is 0 Å². The van der Waals surface area contributed by atoms with Crippen LogP contribution < -0.4 is 5.01 Å². The van der Waals surface area contributed by atoms with Gasteiger partial charge in [-0.2, -0.15) is 18.3 Å². The molecule has 1 aliphatic heterocycles. The molecule has 0 radical (unpaired) electrons. The summed E-state index contributed by atoms with van der Waals surface area (Å²) in [5.74, 6) is -0.427. The van der Waals surface area contributed by atoms with Crippen molar-refractivity contribution in [3.63, 3.8) is 0 Å². The fourth-order valence-corrected chi connectivity index (χ4v) is 2.19. The fourth-order valence-electron chi connectivity index (χ4n) is 1.52. The van der Waals surface area contributed by atoms with Crippen molar-refractivity contribution in [2.45, 2.75) is 15.8 Å². The van der Waals surface area contributed by atoms with E-state index in [1.807, 2.05) is 0 Å². The summed E-state index contributed by atoms with van der Waals surface area (Å²) in [6.07, 6.45) is -3.01. The number of anilines is 1. The van der Waals surface area contributed by atoms with Crippen molar-refractivity contribution in [3.8, 4) is 0 Å². The molecule has 1 aromatic rings. The van der Waals surface area contributed by atoms with Gasteiger partial charge in [0.15, 0.2) is 0 Å². The predicted molar refractivity (Wildman–Crippen MR) is 72.9 cm³/mol. The number of carbonyl (C=O) groups is 1. The Hall–Kier alpha value is -0.890. The van der Waals surface area contributed by atoms with Crippen molar-refractivity contribution >= 4 is 49.7 Å². The van der Waals surface area contributed by atoms with Crippen LogP contribution in [-0.2, 0) is 11.0 Å². The van der Waals surface area contributed by atoms with Gasteiger partial charge in [0.1, 0.15) is 4.83 Å². The Bertz CT molecular complexity index is 533. The van der Waals surface area contributed by atoms with E-state index in [1.165, 1.54) is 18.3 Å². The van der Waals surface area contributed by atoms with Crippen molar-refractivity contribution < 1.29 is 18.0 Å². The van der Waals surface area contributed by atoms with E-state index in [4.69, 9.17) is 0 Å². The molecule has 0 aromatic heterocycles. The van der Waals surface area contributed by atoms with Crippen LogP contribution in [0.25, 0.3) is 0 Å². The van der Waals surface area contributed by atoms with Crippen molar-refractivity contribution in [3.05, 3.63) is 29.8 Å². The fraction of sp³-hybridized carbons (Fsp3) is 0.273. The number of nitrogens with zero attached hydrogens (tertiary/aromatic N) is 2. The largest absolute Gasteiger partial charge is 0.416 e. The summed E-state index contributed by atoms with van der Waals surface area (Å²) in [4.78, 5) is 11.1. The van der Waals surface area contributed by atoms with Crippen LogP contribution in [0.5, 0.6) is 0 Å². The molecule has 0 aliphatic carbocycles. The summed E-state index contributed by atoms with van der Waals surface area (Å²) in [6.45, 7) is 0. The Morgan fingerprint density at radius 2 is 1.95 bits per heavy atom. The predicted octanol–water partition coefficient (Wildman–Crippen LogP) is 3.56. The average Bonchev–Trinajstić information content (AvgIpc) is 2.35. The Morgan fingerprint density at radius 3 is 2.58 bits per heavy atom.